The van der Waals surface area contributed by atoms with Crippen molar-refractivity contribution in [1.82, 2.24) is 15.0 Å². The summed E-state index contributed by atoms with van der Waals surface area (Å²) in [7, 11) is 0. The Labute approximate surface area is 216 Å². The maximum Gasteiger partial charge on any atom is 0.438 e. The highest BCUT2D eigenvalue weighted by Crippen LogP contribution is 2.23. The van der Waals surface area contributed by atoms with E-state index in [9.17, 15) is 9.59 Å². The highest BCUT2D eigenvalue weighted by atomic mass is 16.6. The van der Waals surface area contributed by atoms with E-state index >= 15 is 0 Å². The predicted molar refractivity (Wildman–Crippen MR) is 142 cm³/mol. The van der Waals surface area contributed by atoms with E-state index in [1.807, 2.05) is 57.2 Å². The average molecular weight is 504 g/mol. The van der Waals surface area contributed by atoms with Gasteiger partial charge in [0, 0.05) is 19.5 Å². The molecule has 194 valence electrons. The van der Waals surface area contributed by atoms with Gasteiger partial charge in [0.05, 0.1) is 6.61 Å². The van der Waals surface area contributed by atoms with Gasteiger partial charge in [-0.3, -0.25) is 9.51 Å². The molecule has 1 aromatic heterocycles. The molecule has 0 spiro atoms. The van der Waals surface area contributed by atoms with E-state index in [1.165, 1.54) is 5.56 Å². The molecule has 0 aliphatic carbocycles. The topological polar surface area (TPSA) is 97.7 Å². The highest BCUT2D eigenvalue weighted by molar-refractivity contribution is 5.84. The SMILES string of the molecule is CC(C)(C)OC(=O)N(CCc1noc(=O)[nH]1)Cc1ccc2cc(OCCCc3ccccc3)ccc2c1. The molecule has 0 saturated heterocycles. The molecule has 4 rings (SSSR count). The van der Waals surface area contributed by atoms with Crippen LogP contribution in [0.1, 0.15) is 44.1 Å². The van der Waals surface area contributed by atoms with Crippen molar-refractivity contribution in [2.45, 2.75) is 52.2 Å². The van der Waals surface area contributed by atoms with Gasteiger partial charge in [-0.15, -0.1) is 0 Å². The maximum atomic E-state index is 12.9. The first-order chi connectivity index (χ1) is 17.7. The van der Waals surface area contributed by atoms with Crippen LogP contribution in [0.15, 0.2) is 76.0 Å². The summed E-state index contributed by atoms with van der Waals surface area (Å²) in [5.41, 5.74) is 1.65. The van der Waals surface area contributed by atoms with E-state index in [-0.39, 0.29) is 0 Å². The summed E-state index contributed by atoms with van der Waals surface area (Å²) >= 11 is 0. The zero-order valence-electron chi connectivity index (χ0n) is 21.5. The van der Waals surface area contributed by atoms with Gasteiger partial charge < -0.3 is 14.4 Å². The Morgan fingerprint density at radius 3 is 2.46 bits per heavy atom. The Morgan fingerprint density at radius 2 is 1.73 bits per heavy atom. The average Bonchev–Trinajstić information content (AvgIpc) is 3.29. The van der Waals surface area contributed by atoms with Crippen molar-refractivity contribution in [2.24, 2.45) is 0 Å². The standard InChI is InChI=1S/C29H33N3O5/c1-29(2,3)36-28(34)32(16-15-26-30-27(33)37-31-26)20-22-11-12-24-19-25(14-13-23(24)18-22)35-17-7-10-21-8-5-4-6-9-21/h4-6,8-9,11-14,18-19H,7,10,15-17,20H2,1-3H3,(H,30,31,33). The van der Waals surface area contributed by atoms with Crippen LogP contribution in [0.2, 0.25) is 0 Å². The van der Waals surface area contributed by atoms with Crippen LogP contribution in [0.4, 0.5) is 4.79 Å². The number of amides is 1. The number of benzene rings is 3. The van der Waals surface area contributed by atoms with Crippen molar-refractivity contribution < 1.29 is 18.8 Å². The summed E-state index contributed by atoms with van der Waals surface area (Å²) < 4.78 is 16.1. The molecule has 8 heteroatoms. The van der Waals surface area contributed by atoms with Crippen molar-refractivity contribution in [3.05, 3.63) is 94.2 Å². The lowest BCUT2D eigenvalue weighted by Crippen LogP contribution is -2.37. The summed E-state index contributed by atoms with van der Waals surface area (Å²) in [6.45, 7) is 6.80. The molecule has 0 saturated carbocycles. The lowest BCUT2D eigenvalue weighted by atomic mass is 10.1. The van der Waals surface area contributed by atoms with Crippen molar-refractivity contribution in [3.8, 4) is 5.75 Å². The largest absolute Gasteiger partial charge is 0.494 e. The second kappa shape index (κ2) is 11.8. The molecular weight excluding hydrogens is 470 g/mol. The quantitative estimate of drug-likeness (QED) is 0.287. The zero-order chi connectivity index (χ0) is 26.3. The summed E-state index contributed by atoms with van der Waals surface area (Å²) in [4.78, 5) is 28.2. The number of hydrogen-bond donors (Lipinski definition) is 1. The van der Waals surface area contributed by atoms with Crippen LogP contribution in [-0.2, 0) is 24.1 Å². The Morgan fingerprint density at radius 1 is 0.973 bits per heavy atom. The summed E-state index contributed by atoms with van der Waals surface area (Å²) in [6, 6.07) is 22.5. The number of aryl methyl sites for hydroxylation is 1. The smallest absolute Gasteiger partial charge is 0.438 e. The number of ether oxygens (including phenoxy) is 2. The van der Waals surface area contributed by atoms with Crippen LogP contribution in [0.3, 0.4) is 0 Å². The molecule has 0 radical (unpaired) electrons. The molecular formula is C29H33N3O5. The Kier molecular flexibility index (Phi) is 8.28. The predicted octanol–water partition coefficient (Wildman–Crippen LogP) is 5.51. The fourth-order valence-electron chi connectivity index (χ4n) is 3.96. The lowest BCUT2D eigenvalue weighted by molar-refractivity contribution is 0.0234. The molecule has 0 aliphatic rings. The summed E-state index contributed by atoms with van der Waals surface area (Å²) in [5.74, 6) is 0.603. The highest BCUT2D eigenvalue weighted by Gasteiger charge is 2.23. The van der Waals surface area contributed by atoms with Gasteiger partial charge in [0.15, 0.2) is 5.82 Å². The fraction of sp³-hybridized carbons (Fsp3) is 0.345. The van der Waals surface area contributed by atoms with Crippen LogP contribution in [0.25, 0.3) is 10.8 Å². The van der Waals surface area contributed by atoms with Gasteiger partial charge in [0.1, 0.15) is 11.4 Å². The third-order valence-corrected chi connectivity index (χ3v) is 5.73. The van der Waals surface area contributed by atoms with E-state index in [1.54, 1.807) is 4.90 Å². The summed E-state index contributed by atoms with van der Waals surface area (Å²) in [5, 5.41) is 5.80. The minimum absolute atomic E-state index is 0.311. The van der Waals surface area contributed by atoms with Crippen molar-refractivity contribution in [1.29, 1.82) is 0 Å². The molecule has 0 aliphatic heterocycles. The minimum Gasteiger partial charge on any atom is -0.494 e. The van der Waals surface area contributed by atoms with Gasteiger partial charge in [-0.2, -0.15) is 0 Å². The Hall–Kier alpha value is -4.07. The molecule has 3 aromatic carbocycles. The molecule has 1 heterocycles. The van der Waals surface area contributed by atoms with Gasteiger partial charge in [-0.1, -0.05) is 53.7 Å². The molecule has 0 unspecified atom stereocenters. The normalized spacial score (nSPS) is 11.4. The number of aromatic amines is 1. The van der Waals surface area contributed by atoms with E-state index in [0.29, 0.717) is 31.9 Å². The van der Waals surface area contributed by atoms with E-state index in [0.717, 1.165) is 34.9 Å². The van der Waals surface area contributed by atoms with Gasteiger partial charge in [0.2, 0.25) is 0 Å². The number of nitrogens with zero attached hydrogens (tertiary/aromatic N) is 2. The van der Waals surface area contributed by atoms with Crippen LogP contribution >= 0.6 is 0 Å². The molecule has 1 amide bonds. The molecule has 0 atom stereocenters. The first kappa shape index (κ1) is 26.0. The number of nitrogens with one attached hydrogen (secondary N) is 1. The van der Waals surface area contributed by atoms with E-state index in [4.69, 9.17) is 9.47 Å². The van der Waals surface area contributed by atoms with Crippen molar-refractivity contribution in [2.75, 3.05) is 13.2 Å². The van der Waals surface area contributed by atoms with Gasteiger partial charge >= 0.3 is 11.8 Å². The van der Waals surface area contributed by atoms with E-state index < -0.39 is 17.5 Å². The first-order valence-corrected chi connectivity index (χ1v) is 12.5. The van der Waals surface area contributed by atoms with Gasteiger partial charge in [0.25, 0.3) is 0 Å². The lowest BCUT2D eigenvalue weighted by Gasteiger charge is -2.27. The molecule has 0 bridgehead atoms. The molecule has 1 N–H and O–H groups in total. The molecule has 37 heavy (non-hydrogen) atoms. The first-order valence-electron chi connectivity index (χ1n) is 12.5. The number of H-pyrrole nitrogens is 1. The van der Waals surface area contributed by atoms with Gasteiger partial charge in [-0.05, 0) is 73.7 Å². The zero-order valence-corrected chi connectivity index (χ0v) is 21.5. The number of aromatic nitrogens is 2. The number of fused-ring (bicyclic) bond motifs is 1. The number of hydrogen-bond acceptors (Lipinski definition) is 6. The van der Waals surface area contributed by atoms with Crippen molar-refractivity contribution >= 4 is 16.9 Å². The Balaban J connectivity index is 1.39. The molecule has 8 nitrogen and oxygen atoms in total. The van der Waals surface area contributed by atoms with Crippen LogP contribution < -0.4 is 10.5 Å². The van der Waals surface area contributed by atoms with Crippen LogP contribution in [0, 0.1) is 0 Å². The van der Waals surface area contributed by atoms with Crippen LogP contribution in [-0.4, -0.2) is 39.9 Å². The second-order valence-corrected chi connectivity index (χ2v) is 9.97. The van der Waals surface area contributed by atoms with Gasteiger partial charge in [-0.25, -0.2) is 9.59 Å². The summed E-state index contributed by atoms with van der Waals surface area (Å²) in [6.07, 6.45) is 1.84. The number of carbonyl (C=O) groups is 1. The minimum atomic E-state index is -0.627. The monoisotopic (exact) mass is 503 g/mol. The number of rotatable bonds is 10. The molecule has 4 aromatic rings. The third kappa shape index (κ3) is 7.96. The fourth-order valence-corrected chi connectivity index (χ4v) is 3.96. The third-order valence-electron chi connectivity index (χ3n) is 5.73. The van der Waals surface area contributed by atoms with Crippen molar-refractivity contribution in [3.63, 3.8) is 0 Å². The number of carbonyl (C=O) groups excluding carboxylic acids is 1. The Bertz CT molecular complexity index is 1370. The maximum absolute atomic E-state index is 12.9. The van der Waals surface area contributed by atoms with Crippen LogP contribution in [0.5, 0.6) is 5.75 Å². The second-order valence-electron chi connectivity index (χ2n) is 9.97. The molecule has 0 fully saturated rings. The van der Waals surface area contributed by atoms with E-state index in [2.05, 4.69) is 45.0 Å².